The van der Waals surface area contributed by atoms with E-state index in [9.17, 15) is 9.59 Å². The summed E-state index contributed by atoms with van der Waals surface area (Å²) in [6.07, 6.45) is 8.66. The van der Waals surface area contributed by atoms with Gasteiger partial charge in [0.2, 0.25) is 0 Å². The van der Waals surface area contributed by atoms with E-state index in [4.69, 9.17) is 4.74 Å². The molecule has 1 atom stereocenters. The maximum Gasteiger partial charge on any atom is 0.254 e. The molecule has 3 aromatic rings. The maximum atomic E-state index is 14.2. The first-order valence-corrected chi connectivity index (χ1v) is 12.4. The van der Waals surface area contributed by atoms with Crippen molar-refractivity contribution in [2.75, 3.05) is 6.61 Å². The standard InChI is InChI=1S/C29H32N2O3/c1-3-34-29(30-19-23(20-32)25-16-10-11-17-27(25)30)21(2)26(18-22-12-6-4-7-13-22)28(33)31(29)24-14-8-5-9-15-24/h4,6-7,10-13,16-17,19-20,24H,3,5,8-9,14-15,18H2,1-2H3. The smallest absolute Gasteiger partial charge is 0.254 e. The van der Waals surface area contributed by atoms with Crippen molar-refractivity contribution >= 4 is 23.1 Å². The summed E-state index contributed by atoms with van der Waals surface area (Å²) in [6.45, 7) is 4.44. The van der Waals surface area contributed by atoms with Gasteiger partial charge in [-0.15, -0.1) is 0 Å². The number of para-hydroxylation sites is 1. The molecule has 0 bridgehead atoms. The van der Waals surface area contributed by atoms with Crippen LogP contribution < -0.4 is 0 Å². The zero-order valence-corrected chi connectivity index (χ0v) is 20.0. The van der Waals surface area contributed by atoms with Crippen molar-refractivity contribution in [3.8, 4) is 0 Å². The molecular formula is C29H32N2O3. The Morgan fingerprint density at radius 1 is 1.03 bits per heavy atom. The summed E-state index contributed by atoms with van der Waals surface area (Å²) in [5, 5.41) is 0.872. The van der Waals surface area contributed by atoms with Gasteiger partial charge in [0.25, 0.3) is 11.8 Å². The Kier molecular flexibility index (Phi) is 6.13. The molecule has 2 heterocycles. The predicted octanol–water partition coefficient (Wildman–Crippen LogP) is 5.83. The number of hydrogen-bond acceptors (Lipinski definition) is 3. The molecule has 2 aliphatic rings. The van der Waals surface area contributed by atoms with Gasteiger partial charge in [-0.2, -0.15) is 0 Å². The van der Waals surface area contributed by atoms with Gasteiger partial charge in [0.1, 0.15) is 0 Å². The number of ether oxygens (including phenoxy) is 1. The van der Waals surface area contributed by atoms with Crippen LogP contribution in [0.4, 0.5) is 0 Å². The summed E-state index contributed by atoms with van der Waals surface area (Å²) >= 11 is 0. The number of fused-ring (bicyclic) bond motifs is 1. The van der Waals surface area contributed by atoms with Crippen LogP contribution in [0.3, 0.4) is 0 Å². The summed E-state index contributed by atoms with van der Waals surface area (Å²) in [5.74, 6) is -1.04. The van der Waals surface area contributed by atoms with Gasteiger partial charge in [-0.1, -0.05) is 67.8 Å². The van der Waals surface area contributed by atoms with Crippen LogP contribution in [0.15, 0.2) is 71.9 Å². The van der Waals surface area contributed by atoms with Gasteiger partial charge < -0.3 is 4.74 Å². The molecule has 1 aliphatic heterocycles. The summed E-state index contributed by atoms with van der Waals surface area (Å²) in [4.78, 5) is 28.2. The second-order valence-electron chi connectivity index (χ2n) is 9.36. The number of carbonyl (C=O) groups is 2. The van der Waals surface area contributed by atoms with Crippen LogP contribution in [0, 0.1) is 0 Å². The minimum Gasteiger partial charge on any atom is -0.334 e. The Balaban J connectivity index is 1.75. The van der Waals surface area contributed by atoms with E-state index >= 15 is 0 Å². The van der Waals surface area contributed by atoms with Crippen LogP contribution in [0.1, 0.15) is 61.9 Å². The molecule has 0 N–H and O–H groups in total. The second kappa shape index (κ2) is 9.22. The van der Waals surface area contributed by atoms with E-state index in [1.165, 1.54) is 6.42 Å². The lowest BCUT2D eigenvalue weighted by Crippen LogP contribution is -2.56. The van der Waals surface area contributed by atoms with Crippen molar-refractivity contribution in [2.24, 2.45) is 0 Å². The molecule has 0 saturated heterocycles. The molecular weight excluding hydrogens is 424 g/mol. The Morgan fingerprint density at radius 3 is 2.44 bits per heavy atom. The first kappa shape index (κ1) is 22.6. The van der Waals surface area contributed by atoms with Gasteiger partial charge >= 0.3 is 0 Å². The van der Waals surface area contributed by atoms with E-state index in [2.05, 4.69) is 12.1 Å². The third-order valence-electron chi connectivity index (χ3n) is 7.45. The Hall–Kier alpha value is -3.18. The third kappa shape index (κ3) is 3.50. The molecule has 5 heteroatoms. The third-order valence-corrected chi connectivity index (χ3v) is 7.45. The average molecular weight is 457 g/mol. The van der Waals surface area contributed by atoms with Crippen molar-refractivity contribution in [3.05, 3.63) is 83.1 Å². The first-order valence-electron chi connectivity index (χ1n) is 12.4. The number of hydrogen-bond donors (Lipinski definition) is 0. The normalized spacial score (nSPS) is 21.6. The fourth-order valence-electron chi connectivity index (χ4n) is 5.88. The van der Waals surface area contributed by atoms with Crippen LogP contribution in [0.5, 0.6) is 0 Å². The lowest BCUT2D eigenvalue weighted by molar-refractivity contribution is -0.195. The lowest BCUT2D eigenvalue weighted by atomic mass is 9.93. The number of benzene rings is 2. The molecule has 1 fully saturated rings. The molecule has 34 heavy (non-hydrogen) atoms. The second-order valence-corrected chi connectivity index (χ2v) is 9.36. The molecule has 176 valence electrons. The SMILES string of the molecule is CCOC1(n2cc(C=O)c3ccccc32)C(C)=C(Cc2ccccc2)C(=O)N1C1CCCCC1. The zero-order valence-electron chi connectivity index (χ0n) is 20.0. The number of carbonyl (C=O) groups excluding carboxylic acids is 2. The van der Waals surface area contributed by atoms with E-state index in [0.29, 0.717) is 18.6 Å². The first-order chi connectivity index (χ1) is 16.6. The topological polar surface area (TPSA) is 51.5 Å². The number of amides is 1. The Labute approximate surface area is 201 Å². The van der Waals surface area contributed by atoms with E-state index in [0.717, 1.165) is 59.6 Å². The zero-order chi connectivity index (χ0) is 23.7. The van der Waals surface area contributed by atoms with Crippen LogP contribution >= 0.6 is 0 Å². The van der Waals surface area contributed by atoms with Crippen molar-refractivity contribution in [1.82, 2.24) is 9.47 Å². The molecule has 1 saturated carbocycles. The summed E-state index contributed by atoms with van der Waals surface area (Å²) < 4.78 is 8.69. The fraction of sp³-hybridized carbons (Fsp3) is 0.379. The molecule has 1 aliphatic carbocycles. The maximum absolute atomic E-state index is 14.2. The molecule has 1 unspecified atom stereocenters. The number of nitrogens with zero attached hydrogens (tertiary/aromatic N) is 2. The van der Waals surface area contributed by atoms with E-state index < -0.39 is 5.85 Å². The van der Waals surface area contributed by atoms with Gasteiger partial charge in [-0.05, 0) is 38.3 Å². The number of aldehydes is 1. The van der Waals surface area contributed by atoms with Crippen LogP contribution in [-0.4, -0.2) is 34.3 Å². The molecule has 0 spiro atoms. The monoisotopic (exact) mass is 456 g/mol. The highest BCUT2D eigenvalue weighted by atomic mass is 16.5. The van der Waals surface area contributed by atoms with E-state index in [-0.39, 0.29) is 11.9 Å². The minimum absolute atomic E-state index is 0.0483. The Bertz CT molecular complexity index is 1240. The van der Waals surface area contributed by atoms with Gasteiger partial charge in [0.05, 0.1) is 5.52 Å². The average Bonchev–Trinajstić information content (AvgIpc) is 3.35. The highest BCUT2D eigenvalue weighted by Gasteiger charge is 2.55. The van der Waals surface area contributed by atoms with E-state index in [1.807, 2.05) is 72.0 Å². The van der Waals surface area contributed by atoms with Crippen LogP contribution in [0.2, 0.25) is 0 Å². The minimum atomic E-state index is -1.08. The van der Waals surface area contributed by atoms with E-state index in [1.54, 1.807) is 0 Å². The van der Waals surface area contributed by atoms with Gasteiger partial charge in [-0.25, -0.2) is 0 Å². The molecule has 1 aromatic heterocycles. The van der Waals surface area contributed by atoms with Crippen molar-refractivity contribution in [2.45, 2.75) is 64.3 Å². The fourth-order valence-corrected chi connectivity index (χ4v) is 5.88. The van der Waals surface area contributed by atoms with Gasteiger partial charge in [0.15, 0.2) is 6.29 Å². The number of rotatable bonds is 7. The summed E-state index contributed by atoms with van der Waals surface area (Å²) in [5.41, 5.74) is 4.30. The highest BCUT2D eigenvalue weighted by Crippen LogP contribution is 2.47. The number of aromatic nitrogens is 1. The predicted molar refractivity (Wildman–Crippen MR) is 133 cm³/mol. The molecule has 1 amide bonds. The summed E-state index contributed by atoms with van der Waals surface area (Å²) in [7, 11) is 0. The van der Waals surface area contributed by atoms with Gasteiger partial charge in [0, 0.05) is 47.4 Å². The molecule has 0 radical (unpaired) electrons. The summed E-state index contributed by atoms with van der Waals surface area (Å²) in [6, 6.07) is 18.1. The van der Waals surface area contributed by atoms with Gasteiger partial charge in [-0.3, -0.25) is 19.1 Å². The molecule has 2 aromatic carbocycles. The van der Waals surface area contributed by atoms with Crippen molar-refractivity contribution < 1.29 is 14.3 Å². The highest BCUT2D eigenvalue weighted by molar-refractivity contribution is 6.00. The Morgan fingerprint density at radius 2 is 1.74 bits per heavy atom. The van der Waals surface area contributed by atoms with Crippen LogP contribution in [0.25, 0.3) is 10.9 Å². The largest absolute Gasteiger partial charge is 0.334 e. The molecule has 5 nitrogen and oxygen atoms in total. The quantitative estimate of drug-likeness (QED) is 0.420. The van der Waals surface area contributed by atoms with Crippen molar-refractivity contribution in [3.63, 3.8) is 0 Å². The molecule has 5 rings (SSSR count). The van der Waals surface area contributed by atoms with Crippen molar-refractivity contribution in [1.29, 1.82) is 0 Å². The van der Waals surface area contributed by atoms with Crippen LogP contribution in [-0.2, 0) is 21.8 Å². The lowest BCUT2D eigenvalue weighted by Gasteiger charge is -2.46.